The highest BCUT2D eigenvalue weighted by molar-refractivity contribution is 8.00. The molecule has 1 unspecified atom stereocenters. The Morgan fingerprint density at radius 2 is 1.79 bits per heavy atom. The van der Waals surface area contributed by atoms with E-state index >= 15 is 0 Å². The van der Waals surface area contributed by atoms with Crippen molar-refractivity contribution in [3.05, 3.63) is 54.6 Å². The molecule has 0 N–H and O–H groups in total. The topological polar surface area (TPSA) is 32.8 Å². The zero-order valence-electron chi connectivity index (χ0n) is 17.0. The van der Waals surface area contributed by atoms with Gasteiger partial charge in [0.25, 0.3) is 0 Å². The van der Waals surface area contributed by atoms with Crippen molar-refractivity contribution in [1.82, 2.24) is 4.90 Å². The van der Waals surface area contributed by atoms with Crippen molar-refractivity contribution in [3.63, 3.8) is 0 Å². The Morgan fingerprint density at radius 3 is 2.43 bits per heavy atom. The molecule has 3 rings (SSSR count). The average Bonchev–Trinajstić information content (AvgIpc) is 2.75. The number of hydrogen-bond acceptors (Lipinski definition) is 4. The third kappa shape index (κ3) is 4.89. The molecule has 0 radical (unpaired) electrons. The van der Waals surface area contributed by atoms with Gasteiger partial charge in [0.1, 0.15) is 5.75 Å². The normalized spacial score (nSPS) is 16.5. The number of likely N-dealkylation sites (tertiary alicyclic amines) is 1. The number of hydrogen-bond donors (Lipinski definition) is 0. The van der Waals surface area contributed by atoms with Gasteiger partial charge in [0.15, 0.2) is 0 Å². The summed E-state index contributed by atoms with van der Waals surface area (Å²) in [5.41, 5.74) is 1.02. The molecule has 2 aromatic carbocycles. The molecule has 0 saturated carbocycles. The Kier molecular flexibility index (Phi) is 7.40. The molecule has 0 aliphatic carbocycles. The first-order chi connectivity index (χ1) is 13.6. The predicted octanol–water partition coefficient (Wildman–Crippen LogP) is 5.04. The SMILES string of the molecule is CCC(=O)N(c1ccccc1)C1CCN(C(C)Sc2ccccc2OC)CC1. The van der Waals surface area contributed by atoms with Crippen LogP contribution < -0.4 is 9.64 Å². The highest BCUT2D eigenvalue weighted by Gasteiger charge is 2.30. The number of benzene rings is 2. The van der Waals surface area contributed by atoms with Crippen molar-refractivity contribution in [1.29, 1.82) is 0 Å². The third-order valence-electron chi connectivity index (χ3n) is 5.35. The molecule has 1 amide bonds. The van der Waals surface area contributed by atoms with Crippen LogP contribution in [-0.2, 0) is 4.79 Å². The van der Waals surface area contributed by atoms with Gasteiger partial charge in [-0.25, -0.2) is 0 Å². The van der Waals surface area contributed by atoms with Crippen molar-refractivity contribution in [2.75, 3.05) is 25.1 Å². The van der Waals surface area contributed by atoms with Gasteiger partial charge in [0, 0.05) is 31.2 Å². The van der Waals surface area contributed by atoms with Crippen LogP contribution in [0.1, 0.15) is 33.1 Å². The summed E-state index contributed by atoms with van der Waals surface area (Å²) >= 11 is 1.84. The molecule has 5 heteroatoms. The first-order valence-corrected chi connectivity index (χ1v) is 10.9. The summed E-state index contributed by atoms with van der Waals surface area (Å²) in [6, 6.07) is 18.5. The molecule has 1 aliphatic heterocycles. The highest BCUT2D eigenvalue weighted by Crippen LogP contribution is 2.34. The number of ether oxygens (including phenoxy) is 1. The van der Waals surface area contributed by atoms with Gasteiger partial charge in [-0.2, -0.15) is 0 Å². The fourth-order valence-corrected chi connectivity index (χ4v) is 4.95. The zero-order valence-corrected chi connectivity index (χ0v) is 17.8. The van der Waals surface area contributed by atoms with Crippen molar-refractivity contribution in [2.45, 2.75) is 49.4 Å². The molecule has 4 nitrogen and oxygen atoms in total. The lowest BCUT2D eigenvalue weighted by Gasteiger charge is -2.40. The lowest BCUT2D eigenvalue weighted by Crippen LogP contribution is -2.49. The van der Waals surface area contributed by atoms with E-state index in [1.165, 1.54) is 4.90 Å². The molecule has 1 fully saturated rings. The lowest BCUT2D eigenvalue weighted by atomic mass is 10.0. The molecule has 1 heterocycles. The van der Waals surface area contributed by atoms with Crippen molar-refractivity contribution < 1.29 is 9.53 Å². The maximum absolute atomic E-state index is 12.6. The molecule has 1 aliphatic rings. The van der Waals surface area contributed by atoms with E-state index in [0.717, 1.165) is 37.4 Å². The molecular formula is C23H30N2O2S. The van der Waals surface area contributed by atoms with Crippen LogP contribution in [0.3, 0.4) is 0 Å². The second-order valence-electron chi connectivity index (χ2n) is 7.09. The number of anilines is 1. The van der Waals surface area contributed by atoms with E-state index in [9.17, 15) is 4.79 Å². The second kappa shape index (κ2) is 9.99. The monoisotopic (exact) mass is 398 g/mol. The van der Waals surface area contributed by atoms with E-state index < -0.39 is 0 Å². The van der Waals surface area contributed by atoms with E-state index in [1.807, 2.05) is 66.1 Å². The standard InChI is InChI=1S/C23H30N2O2S/c1-4-23(26)25(19-10-6-5-7-11-19)20-14-16-24(17-15-20)18(2)28-22-13-9-8-12-21(22)27-3/h5-13,18,20H,4,14-17H2,1-3H3. The number of rotatable bonds is 7. The fourth-order valence-electron chi connectivity index (χ4n) is 3.80. The van der Waals surface area contributed by atoms with Crippen molar-refractivity contribution in [3.8, 4) is 5.75 Å². The zero-order chi connectivity index (χ0) is 19.9. The summed E-state index contributed by atoms with van der Waals surface area (Å²) in [6.07, 6.45) is 2.53. The molecular weight excluding hydrogens is 368 g/mol. The molecule has 28 heavy (non-hydrogen) atoms. The number of nitrogens with zero attached hydrogens (tertiary/aromatic N) is 2. The molecule has 0 bridgehead atoms. The summed E-state index contributed by atoms with van der Waals surface area (Å²) in [5, 5.41) is 0.365. The average molecular weight is 399 g/mol. The van der Waals surface area contributed by atoms with Crippen LogP contribution in [0.25, 0.3) is 0 Å². The smallest absolute Gasteiger partial charge is 0.226 e. The number of para-hydroxylation sites is 2. The van der Waals surface area contributed by atoms with E-state index in [2.05, 4.69) is 24.0 Å². The van der Waals surface area contributed by atoms with Gasteiger partial charge in [0.2, 0.25) is 5.91 Å². The summed E-state index contributed by atoms with van der Waals surface area (Å²) in [5.74, 6) is 1.14. The first-order valence-electron chi connectivity index (χ1n) is 10.0. The van der Waals surface area contributed by atoms with Crippen LogP contribution in [0.5, 0.6) is 5.75 Å². The van der Waals surface area contributed by atoms with Gasteiger partial charge >= 0.3 is 0 Å². The Labute approximate surface area is 172 Å². The van der Waals surface area contributed by atoms with Gasteiger partial charge in [-0.3, -0.25) is 9.69 Å². The van der Waals surface area contributed by atoms with Crippen LogP contribution >= 0.6 is 11.8 Å². The van der Waals surface area contributed by atoms with Crippen LogP contribution in [0.2, 0.25) is 0 Å². The minimum absolute atomic E-state index is 0.209. The Bertz CT molecular complexity index is 760. The Balaban J connectivity index is 1.63. The molecule has 1 atom stereocenters. The number of carbonyl (C=O) groups is 1. The van der Waals surface area contributed by atoms with Crippen molar-refractivity contribution >= 4 is 23.4 Å². The van der Waals surface area contributed by atoms with E-state index in [0.29, 0.717) is 11.8 Å². The van der Waals surface area contributed by atoms with Crippen LogP contribution in [0.4, 0.5) is 5.69 Å². The third-order valence-corrected chi connectivity index (χ3v) is 6.58. The molecule has 1 saturated heterocycles. The number of piperidine rings is 1. The number of thioether (sulfide) groups is 1. The predicted molar refractivity (Wildman–Crippen MR) is 117 cm³/mol. The van der Waals surface area contributed by atoms with E-state index in [-0.39, 0.29) is 11.9 Å². The van der Waals surface area contributed by atoms with Crippen LogP contribution in [0.15, 0.2) is 59.5 Å². The largest absolute Gasteiger partial charge is 0.496 e. The molecule has 150 valence electrons. The van der Waals surface area contributed by atoms with Gasteiger partial charge in [-0.15, -0.1) is 11.8 Å². The quantitative estimate of drug-likeness (QED) is 0.612. The van der Waals surface area contributed by atoms with Crippen LogP contribution in [-0.4, -0.2) is 42.4 Å². The Hall–Kier alpha value is -1.98. The van der Waals surface area contributed by atoms with E-state index in [1.54, 1.807) is 7.11 Å². The van der Waals surface area contributed by atoms with Gasteiger partial charge in [-0.05, 0) is 44.0 Å². The minimum Gasteiger partial charge on any atom is -0.496 e. The summed E-state index contributed by atoms with van der Waals surface area (Å²) in [6.45, 7) is 6.19. The number of methoxy groups -OCH3 is 1. The molecule has 0 aromatic heterocycles. The van der Waals surface area contributed by atoms with Gasteiger partial charge in [-0.1, -0.05) is 37.3 Å². The molecule has 0 spiro atoms. The highest BCUT2D eigenvalue weighted by atomic mass is 32.2. The van der Waals surface area contributed by atoms with Crippen molar-refractivity contribution in [2.24, 2.45) is 0 Å². The van der Waals surface area contributed by atoms with Crippen LogP contribution in [0, 0.1) is 0 Å². The summed E-state index contributed by atoms with van der Waals surface area (Å²) in [7, 11) is 1.72. The lowest BCUT2D eigenvalue weighted by molar-refractivity contribution is -0.119. The first kappa shape index (κ1) is 20.7. The fraction of sp³-hybridized carbons (Fsp3) is 0.435. The summed E-state index contributed by atoms with van der Waals surface area (Å²) < 4.78 is 5.49. The number of carbonyl (C=O) groups excluding carboxylic acids is 1. The maximum atomic E-state index is 12.6. The maximum Gasteiger partial charge on any atom is 0.226 e. The minimum atomic E-state index is 0.209. The van der Waals surface area contributed by atoms with Gasteiger partial charge < -0.3 is 9.64 Å². The molecule has 2 aromatic rings. The van der Waals surface area contributed by atoms with E-state index in [4.69, 9.17) is 4.74 Å². The number of amides is 1. The second-order valence-corrected chi connectivity index (χ2v) is 8.45. The summed E-state index contributed by atoms with van der Waals surface area (Å²) in [4.78, 5) is 18.3. The Morgan fingerprint density at radius 1 is 1.14 bits per heavy atom. The van der Waals surface area contributed by atoms with Gasteiger partial charge in [0.05, 0.1) is 17.4 Å².